The molecule has 0 saturated carbocycles. The molecule has 1 aromatic carbocycles. The zero-order valence-corrected chi connectivity index (χ0v) is 21.1. The van der Waals surface area contributed by atoms with Crippen molar-refractivity contribution in [1.82, 2.24) is 0 Å². The van der Waals surface area contributed by atoms with Gasteiger partial charge in [0.25, 0.3) is 0 Å². The van der Waals surface area contributed by atoms with E-state index in [2.05, 4.69) is 12.2 Å². The van der Waals surface area contributed by atoms with E-state index in [0.717, 1.165) is 24.5 Å². The summed E-state index contributed by atoms with van der Waals surface area (Å²) in [7, 11) is 0. The Bertz CT molecular complexity index is 564. The van der Waals surface area contributed by atoms with Gasteiger partial charge in [0.15, 0.2) is 0 Å². The summed E-state index contributed by atoms with van der Waals surface area (Å²) in [5, 5.41) is 2.72. The van der Waals surface area contributed by atoms with Crippen LogP contribution in [-0.4, -0.2) is 52.2 Å². The van der Waals surface area contributed by atoms with Crippen LogP contribution in [0.2, 0.25) is 0 Å². The van der Waals surface area contributed by atoms with E-state index in [1.165, 1.54) is 71.1 Å². The highest BCUT2D eigenvalue weighted by Crippen LogP contribution is 2.15. The summed E-state index contributed by atoms with van der Waals surface area (Å²) in [5.41, 5.74) is 0.756. The molecule has 1 N–H and O–H groups in total. The first-order valence-corrected chi connectivity index (χ1v) is 13.0. The SMILES string of the molecule is CCCCCCCCCCCCCOCCOCCOCCOc1ccc(NC(C)=O)cc1. The van der Waals surface area contributed by atoms with Gasteiger partial charge in [0.05, 0.1) is 33.0 Å². The maximum atomic E-state index is 11.0. The smallest absolute Gasteiger partial charge is 0.221 e. The van der Waals surface area contributed by atoms with E-state index < -0.39 is 0 Å². The fraction of sp³-hybridized carbons (Fsp3) is 0.741. The lowest BCUT2D eigenvalue weighted by Gasteiger charge is -2.09. The molecule has 0 radical (unpaired) electrons. The first kappa shape index (κ1) is 29.4. The van der Waals surface area contributed by atoms with Gasteiger partial charge in [-0.15, -0.1) is 0 Å². The van der Waals surface area contributed by atoms with Crippen LogP contribution < -0.4 is 10.1 Å². The summed E-state index contributed by atoms with van der Waals surface area (Å²) in [4.78, 5) is 11.0. The molecule has 6 nitrogen and oxygen atoms in total. The molecule has 0 atom stereocenters. The van der Waals surface area contributed by atoms with E-state index in [-0.39, 0.29) is 5.91 Å². The summed E-state index contributed by atoms with van der Waals surface area (Å²) in [6, 6.07) is 7.27. The van der Waals surface area contributed by atoms with Crippen molar-refractivity contribution < 1.29 is 23.7 Å². The first-order chi connectivity index (χ1) is 16.2. The van der Waals surface area contributed by atoms with Gasteiger partial charge in [-0.05, 0) is 30.7 Å². The number of carbonyl (C=O) groups excluding carboxylic acids is 1. The third kappa shape index (κ3) is 19.5. The molecule has 0 aliphatic rings. The molecule has 0 aromatic heterocycles. The predicted octanol–water partition coefficient (Wildman–Crippen LogP) is 6.38. The van der Waals surface area contributed by atoms with Crippen LogP contribution >= 0.6 is 0 Å². The molecule has 1 rings (SSSR count). The third-order valence-electron chi connectivity index (χ3n) is 5.31. The van der Waals surface area contributed by atoms with Crippen LogP contribution in [0.15, 0.2) is 24.3 Å². The number of hydrogen-bond acceptors (Lipinski definition) is 5. The van der Waals surface area contributed by atoms with Gasteiger partial charge in [-0.25, -0.2) is 0 Å². The summed E-state index contributed by atoms with van der Waals surface area (Å²) >= 11 is 0. The maximum Gasteiger partial charge on any atom is 0.221 e. The Labute approximate surface area is 201 Å². The zero-order valence-electron chi connectivity index (χ0n) is 21.1. The topological polar surface area (TPSA) is 66.0 Å². The summed E-state index contributed by atoms with van der Waals surface area (Å²) in [6.45, 7) is 7.93. The van der Waals surface area contributed by atoms with E-state index in [0.29, 0.717) is 39.6 Å². The average molecular weight is 466 g/mol. The van der Waals surface area contributed by atoms with Crippen molar-refractivity contribution in [2.75, 3.05) is 51.6 Å². The highest BCUT2D eigenvalue weighted by molar-refractivity contribution is 5.88. The number of carbonyl (C=O) groups is 1. The molecule has 0 fully saturated rings. The average Bonchev–Trinajstić information content (AvgIpc) is 2.81. The van der Waals surface area contributed by atoms with E-state index in [1.807, 2.05) is 24.3 Å². The molecule has 190 valence electrons. The Morgan fingerprint density at radius 3 is 1.61 bits per heavy atom. The lowest BCUT2D eigenvalue weighted by atomic mass is 10.1. The number of amides is 1. The third-order valence-corrected chi connectivity index (χ3v) is 5.31. The highest BCUT2D eigenvalue weighted by Gasteiger charge is 1.98. The summed E-state index contributed by atoms with van der Waals surface area (Å²) in [6.07, 6.45) is 14.9. The fourth-order valence-electron chi connectivity index (χ4n) is 3.47. The summed E-state index contributed by atoms with van der Waals surface area (Å²) in [5.74, 6) is 0.661. The van der Waals surface area contributed by atoms with Gasteiger partial charge in [0, 0.05) is 19.2 Å². The van der Waals surface area contributed by atoms with Crippen molar-refractivity contribution in [2.24, 2.45) is 0 Å². The molecule has 0 aliphatic carbocycles. The molecule has 0 heterocycles. The quantitative estimate of drug-likeness (QED) is 0.190. The summed E-state index contributed by atoms with van der Waals surface area (Å²) < 4.78 is 22.3. The fourth-order valence-corrected chi connectivity index (χ4v) is 3.47. The molecular formula is C27H47NO5. The second-order valence-corrected chi connectivity index (χ2v) is 8.43. The number of anilines is 1. The molecule has 0 spiro atoms. The predicted molar refractivity (Wildman–Crippen MR) is 135 cm³/mol. The minimum atomic E-state index is -0.0878. The van der Waals surface area contributed by atoms with Crippen molar-refractivity contribution in [3.63, 3.8) is 0 Å². The van der Waals surface area contributed by atoms with Crippen LogP contribution in [-0.2, 0) is 19.0 Å². The van der Waals surface area contributed by atoms with Crippen molar-refractivity contribution in [3.05, 3.63) is 24.3 Å². The molecular weight excluding hydrogens is 418 g/mol. The largest absolute Gasteiger partial charge is 0.491 e. The number of hydrogen-bond donors (Lipinski definition) is 1. The normalized spacial score (nSPS) is 11.0. The van der Waals surface area contributed by atoms with Crippen LogP contribution in [0.4, 0.5) is 5.69 Å². The maximum absolute atomic E-state index is 11.0. The van der Waals surface area contributed by atoms with E-state index in [4.69, 9.17) is 18.9 Å². The van der Waals surface area contributed by atoms with E-state index >= 15 is 0 Å². The molecule has 0 aliphatic heterocycles. The number of benzene rings is 1. The molecule has 0 bridgehead atoms. The number of ether oxygens (including phenoxy) is 4. The second kappa shape index (κ2) is 22.2. The lowest BCUT2D eigenvalue weighted by molar-refractivity contribution is -0.114. The minimum absolute atomic E-state index is 0.0878. The van der Waals surface area contributed by atoms with Gasteiger partial charge < -0.3 is 24.3 Å². The monoisotopic (exact) mass is 465 g/mol. The molecule has 1 amide bonds. The van der Waals surface area contributed by atoms with Crippen LogP contribution in [0.1, 0.15) is 84.5 Å². The van der Waals surface area contributed by atoms with Gasteiger partial charge >= 0.3 is 0 Å². The highest BCUT2D eigenvalue weighted by atomic mass is 16.6. The molecule has 1 aromatic rings. The van der Waals surface area contributed by atoms with Gasteiger partial charge in [-0.3, -0.25) is 4.79 Å². The Kier molecular flexibility index (Phi) is 19.8. The van der Waals surface area contributed by atoms with Gasteiger partial charge in [-0.1, -0.05) is 71.1 Å². The van der Waals surface area contributed by atoms with Crippen molar-refractivity contribution in [3.8, 4) is 5.75 Å². The minimum Gasteiger partial charge on any atom is -0.491 e. The van der Waals surface area contributed by atoms with Crippen molar-refractivity contribution in [2.45, 2.75) is 84.5 Å². The first-order valence-electron chi connectivity index (χ1n) is 13.0. The molecule has 33 heavy (non-hydrogen) atoms. The van der Waals surface area contributed by atoms with Crippen LogP contribution in [0.3, 0.4) is 0 Å². The van der Waals surface area contributed by atoms with Gasteiger partial charge in [0.2, 0.25) is 5.91 Å². The standard InChI is InChI=1S/C27H47NO5/c1-3-4-5-6-7-8-9-10-11-12-13-18-30-19-20-31-21-22-32-23-24-33-27-16-14-26(15-17-27)28-25(2)29/h14-17H,3-13,18-24H2,1-2H3,(H,28,29). The number of nitrogens with one attached hydrogen (secondary N) is 1. The Balaban J connectivity index is 1.75. The van der Waals surface area contributed by atoms with Crippen molar-refractivity contribution >= 4 is 11.6 Å². The van der Waals surface area contributed by atoms with Gasteiger partial charge in [0.1, 0.15) is 12.4 Å². The second-order valence-electron chi connectivity index (χ2n) is 8.43. The molecule has 0 unspecified atom stereocenters. The number of rotatable bonds is 23. The lowest BCUT2D eigenvalue weighted by Crippen LogP contribution is -2.13. The number of unbranched alkanes of at least 4 members (excludes halogenated alkanes) is 10. The Hall–Kier alpha value is -1.63. The zero-order chi connectivity index (χ0) is 23.8. The van der Waals surface area contributed by atoms with Crippen LogP contribution in [0.25, 0.3) is 0 Å². The van der Waals surface area contributed by atoms with E-state index in [1.54, 1.807) is 0 Å². The van der Waals surface area contributed by atoms with E-state index in [9.17, 15) is 4.79 Å². The Morgan fingerprint density at radius 1 is 0.636 bits per heavy atom. The van der Waals surface area contributed by atoms with Crippen LogP contribution in [0, 0.1) is 0 Å². The van der Waals surface area contributed by atoms with Crippen molar-refractivity contribution in [1.29, 1.82) is 0 Å². The molecule has 6 heteroatoms. The Morgan fingerprint density at radius 2 is 1.09 bits per heavy atom. The van der Waals surface area contributed by atoms with Gasteiger partial charge in [-0.2, -0.15) is 0 Å². The molecule has 0 saturated heterocycles. The van der Waals surface area contributed by atoms with Crippen LogP contribution in [0.5, 0.6) is 5.75 Å².